The van der Waals surface area contributed by atoms with E-state index in [1.807, 2.05) is 13.0 Å². The number of aromatic nitrogens is 2. The van der Waals surface area contributed by atoms with Crippen LogP contribution in [0.4, 0.5) is 5.95 Å². The Kier molecular flexibility index (Phi) is 3.16. The van der Waals surface area contributed by atoms with Gasteiger partial charge in [-0.2, -0.15) is 0 Å². The van der Waals surface area contributed by atoms with Gasteiger partial charge in [-0.1, -0.05) is 0 Å². The van der Waals surface area contributed by atoms with Crippen LogP contribution in [0, 0.1) is 6.92 Å². The minimum absolute atomic E-state index is 0.491. The highest BCUT2D eigenvalue weighted by atomic mass is 15.2. The van der Waals surface area contributed by atoms with Gasteiger partial charge in [0.05, 0.1) is 0 Å². The second-order valence-electron chi connectivity index (χ2n) is 4.27. The molecule has 1 N–H and O–H groups in total. The lowest BCUT2D eigenvalue weighted by molar-refractivity contribution is 0.260. The van der Waals surface area contributed by atoms with Gasteiger partial charge in [-0.25, -0.2) is 9.97 Å². The zero-order valence-corrected chi connectivity index (χ0v) is 9.40. The molecule has 15 heavy (non-hydrogen) atoms. The summed E-state index contributed by atoms with van der Waals surface area (Å²) < 4.78 is 0. The number of likely N-dealkylation sites (N-methyl/N-ethyl adjacent to an activating group) is 1. The van der Waals surface area contributed by atoms with Gasteiger partial charge in [-0.3, -0.25) is 0 Å². The molecule has 1 aromatic heterocycles. The first kappa shape index (κ1) is 10.4. The van der Waals surface area contributed by atoms with E-state index in [1.165, 1.54) is 19.4 Å². The molecule has 1 aliphatic rings. The molecule has 82 valence electrons. The van der Waals surface area contributed by atoms with Crippen molar-refractivity contribution in [2.75, 3.05) is 25.5 Å². The van der Waals surface area contributed by atoms with Crippen molar-refractivity contribution in [3.63, 3.8) is 0 Å². The normalized spacial score (nSPS) is 22.7. The molecule has 0 aromatic carbocycles. The Bertz CT molecular complexity index is 326. The summed E-state index contributed by atoms with van der Waals surface area (Å²) in [6, 6.07) is 2.41. The lowest BCUT2D eigenvalue weighted by Gasteiger charge is -2.30. The summed E-state index contributed by atoms with van der Waals surface area (Å²) in [7, 11) is 2.16. The van der Waals surface area contributed by atoms with Crippen LogP contribution in [-0.2, 0) is 0 Å². The molecule has 1 aromatic rings. The minimum atomic E-state index is 0.491. The van der Waals surface area contributed by atoms with Gasteiger partial charge >= 0.3 is 0 Å². The molecule has 1 unspecified atom stereocenters. The van der Waals surface area contributed by atoms with Crippen LogP contribution in [0.5, 0.6) is 0 Å². The first-order valence-corrected chi connectivity index (χ1v) is 5.49. The number of nitrogens with one attached hydrogen (secondary N) is 1. The number of likely N-dealkylation sites (tertiary alicyclic amines) is 1. The maximum atomic E-state index is 4.35. The highest BCUT2D eigenvalue weighted by Gasteiger charge is 2.17. The molecular weight excluding hydrogens is 188 g/mol. The molecule has 4 heteroatoms. The van der Waals surface area contributed by atoms with E-state index in [2.05, 4.69) is 27.2 Å². The number of piperidine rings is 1. The summed E-state index contributed by atoms with van der Waals surface area (Å²) in [5, 5.41) is 3.39. The van der Waals surface area contributed by atoms with Crippen molar-refractivity contribution in [3.05, 3.63) is 18.0 Å². The number of anilines is 1. The SMILES string of the molecule is Cc1ccnc(NC2CCCN(C)C2)n1. The first-order valence-electron chi connectivity index (χ1n) is 5.49. The second kappa shape index (κ2) is 4.57. The average Bonchev–Trinajstić information content (AvgIpc) is 2.17. The third kappa shape index (κ3) is 2.89. The van der Waals surface area contributed by atoms with Crippen molar-refractivity contribution in [2.24, 2.45) is 0 Å². The van der Waals surface area contributed by atoms with Gasteiger partial charge in [0.1, 0.15) is 0 Å². The maximum Gasteiger partial charge on any atom is 0.223 e. The Morgan fingerprint density at radius 2 is 2.40 bits per heavy atom. The zero-order chi connectivity index (χ0) is 10.7. The second-order valence-corrected chi connectivity index (χ2v) is 4.27. The molecule has 0 aliphatic carbocycles. The number of aryl methyl sites for hydroxylation is 1. The fourth-order valence-corrected chi connectivity index (χ4v) is 1.99. The molecule has 0 saturated carbocycles. The molecule has 1 atom stereocenters. The Hall–Kier alpha value is -1.16. The van der Waals surface area contributed by atoms with Gasteiger partial charge in [0.2, 0.25) is 5.95 Å². The van der Waals surface area contributed by atoms with Gasteiger partial charge in [0, 0.05) is 24.5 Å². The van der Waals surface area contributed by atoms with Crippen LogP contribution >= 0.6 is 0 Å². The maximum absolute atomic E-state index is 4.35. The monoisotopic (exact) mass is 206 g/mol. The molecule has 0 spiro atoms. The summed E-state index contributed by atoms with van der Waals surface area (Å²) in [4.78, 5) is 10.9. The van der Waals surface area contributed by atoms with Crippen molar-refractivity contribution in [1.82, 2.24) is 14.9 Å². The predicted octanol–water partition coefficient (Wildman–Crippen LogP) is 1.29. The topological polar surface area (TPSA) is 41.1 Å². The van der Waals surface area contributed by atoms with E-state index < -0.39 is 0 Å². The lowest BCUT2D eigenvalue weighted by Crippen LogP contribution is -2.40. The molecule has 1 saturated heterocycles. The van der Waals surface area contributed by atoms with Crippen molar-refractivity contribution in [3.8, 4) is 0 Å². The van der Waals surface area contributed by atoms with Crippen molar-refractivity contribution >= 4 is 5.95 Å². The molecule has 1 aliphatic heterocycles. The van der Waals surface area contributed by atoms with Crippen molar-refractivity contribution in [1.29, 1.82) is 0 Å². The van der Waals surface area contributed by atoms with Crippen LogP contribution in [-0.4, -0.2) is 41.0 Å². The first-order chi connectivity index (χ1) is 7.24. The summed E-state index contributed by atoms with van der Waals surface area (Å²) in [5.74, 6) is 0.760. The van der Waals surface area contributed by atoms with E-state index in [-0.39, 0.29) is 0 Å². The Morgan fingerprint density at radius 3 is 3.13 bits per heavy atom. The van der Waals surface area contributed by atoms with Crippen LogP contribution in [0.2, 0.25) is 0 Å². The smallest absolute Gasteiger partial charge is 0.223 e. The van der Waals surface area contributed by atoms with Crippen molar-refractivity contribution in [2.45, 2.75) is 25.8 Å². The molecule has 0 radical (unpaired) electrons. The molecule has 4 nitrogen and oxygen atoms in total. The summed E-state index contributed by atoms with van der Waals surface area (Å²) in [5.41, 5.74) is 1.01. The van der Waals surface area contributed by atoms with E-state index in [1.54, 1.807) is 6.20 Å². The summed E-state index contributed by atoms with van der Waals surface area (Å²) >= 11 is 0. The third-order valence-corrected chi connectivity index (χ3v) is 2.75. The minimum Gasteiger partial charge on any atom is -0.350 e. The van der Waals surface area contributed by atoms with E-state index in [0.717, 1.165) is 18.2 Å². The zero-order valence-electron chi connectivity index (χ0n) is 9.40. The highest BCUT2D eigenvalue weighted by Crippen LogP contribution is 2.12. The van der Waals surface area contributed by atoms with Gasteiger partial charge in [-0.05, 0) is 39.4 Å². The van der Waals surface area contributed by atoms with E-state index in [4.69, 9.17) is 0 Å². The van der Waals surface area contributed by atoms with E-state index >= 15 is 0 Å². The molecule has 0 bridgehead atoms. The Balaban J connectivity index is 1.96. The van der Waals surface area contributed by atoms with Crippen LogP contribution in [0.3, 0.4) is 0 Å². The van der Waals surface area contributed by atoms with Crippen LogP contribution in [0.25, 0.3) is 0 Å². The van der Waals surface area contributed by atoms with E-state index in [9.17, 15) is 0 Å². The molecule has 0 amide bonds. The third-order valence-electron chi connectivity index (χ3n) is 2.75. The number of hydrogen-bond donors (Lipinski definition) is 1. The highest BCUT2D eigenvalue weighted by molar-refractivity contribution is 5.26. The lowest BCUT2D eigenvalue weighted by atomic mass is 10.1. The fourth-order valence-electron chi connectivity index (χ4n) is 1.99. The van der Waals surface area contributed by atoms with Crippen LogP contribution in [0.15, 0.2) is 12.3 Å². The molecule has 1 fully saturated rings. The fraction of sp³-hybridized carbons (Fsp3) is 0.636. The van der Waals surface area contributed by atoms with Gasteiger partial charge in [0.15, 0.2) is 0 Å². The van der Waals surface area contributed by atoms with Crippen molar-refractivity contribution < 1.29 is 0 Å². The van der Waals surface area contributed by atoms with E-state index in [0.29, 0.717) is 6.04 Å². The predicted molar refractivity (Wildman–Crippen MR) is 60.9 cm³/mol. The van der Waals surface area contributed by atoms with Gasteiger partial charge in [-0.15, -0.1) is 0 Å². The number of rotatable bonds is 2. The largest absolute Gasteiger partial charge is 0.350 e. The summed E-state index contributed by atoms with van der Waals surface area (Å²) in [6.45, 7) is 4.27. The van der Waals surface area contributed by atoms with Gasteiger partial charge in [0.25, 0.3) is 0 Å². The molecule has 2 rings (SSSR count). The Morgan fingerprint density at radius 1 is 1.53 bits per heavy atom. The molecular formula is C11H18N4. The summed E-state index contributed by atoms with van der Waals surface area (Å²) in [6.07, 6.45) is 4.26. The van der Waals surface area contributed by atoms with Gasteiger partial charge < -0.3 is 10.2 Å². The standard InChI is InChI=1S/C11H18N4/c1-9-5-6-12-11(13-9)14-10-4-3-7-15(2)8-10/h5-6,10H,3-4,7-8H2,1-2H3,(H,12,13,14). The number of nitrogens with zero attached hydrogens (tertiary/aromatic N) is 3. The Labute approximate surface area is 90.7 Å². The van der Waals surface area contributed by atoms with Crippen LogP contribution in [0.1, 0.15) is 18.5 Å². The quantitative estimate of drug-likeness (QED) is 0.791. The van der Waals surface area contributed by atoms with Crippen LogP contribution < -0.4 is 5.32 Å². The molecule has 2 heterocycles. The average molecular weight is 206 g/mol. The number of hydrogen-bond acceptors (Lipinski definition) is 4.